The summed E-state index contributed by atoms with van der Waals surface area (Å²) in [7, 11) is 0. The molecule has 0 radical (unpaired) electrons. The van der Waals surface area contributed by atoms with Gasteiger partial charge in [-0.25, -0.2) is 0 Å². The van der Waals surface area contributed by atoms with Crippen molar-refractivity contribution in [2.45, 2.75) is 13.8 Å². The lowest BCUT2D eigenvalue weighted by Crippen LogP contribution is -1.71. The maximum atomic E-state index is 9.59. The topological polar surface area (TPSA) is 33.4 Å². The summed E-state index contributed by atoms with van der Waals surface area (Å²) in [5, 5.41) is 10.4. The molecule has 1 N–H and O–H groups in total. The van der Waals surface area contributed by atoms with Gasteiger partial charge in [0.2, 0.25) is 0 Å². The fourth-order valence-corrected chi connectivity index (χ4v) is 1.42. The molecule has 0 saturated heterocycles. The van der Waals surface area contributed by atoms with E-state index in [4.69, 9.17) is 4.42 Å². The lowest BCUT2D eigenvalue weighted by Gasteiger charge is -1.92. The van der Waals surface area contributed by atoms with Crippen LogP contribution < -0.4 is 0 Å². The van der Waals surface area contributed by atoms with Crippen LogP contribution in [0.4, 0.5) is 0 Å². The molecule has 62 valence electrons. The molecular weight excluding hydrogens is 152 g/mol. The molecule has 0 fully saturated rings. The molecule has 1 aromatic carbocycles. The Bertz CT molecular complexity index is 427. The summed E-state index contributed by atoms with van der Waals surface area (Å²) >= 11 is 0. The number of benzene rings is 1. The first-order chi connectivity index (χ1) is 5.70. The van der Waals surface area contributed by atoms with Gasteiger partial charge in [0.1, 0.15) is 11.3 Å². The molecule has 0 aliphatic carbocycles. The number of fused-ring (bicyclic) bond motifs is 1. The SMILES string of the molecule is Cc1oc2cccc(C)c2c1O. The van der Waals surface area contributed by atoms with Crippen molar-refractivity contribution in [3.05, 3.63) is 29.5 Å². The highest BCUT2D eigenvalue weighted by Gasteiger charge is 2.10. The smallest absolute Gasteiger partial charge is 0.165 e. The zero-order chi connectivity index (χ0) is 8.72. The van der Waals surface area contributed by atoms with E-state index in [-0.39, 0.29) is 5.75 Å². The van der Waals surface area contributed by atoms with Crippen LogP contribution in [0.15, 0.2) is 22.6 Å². The first-order valence-electron chi connectivity index (χ1n) is 3.88. The van der Waals surface area contributed by atoms with Crippen molar-refractivity contribution in [2.75, 3.05) is 0 Å². The van der Waals surface area contributed by atoms with E-state index in [0.717, 1.165) is 16.5 Å². The lowest BCUT2D eigenvalue weighted by atomic mass is 10.1. The van der Waals surface area contributed by atoms with Crippen molar-refractivity contribution >= 4 is 11.0 Å². The second kappa shape index (κ2) is 2.27. The molecule has 0 spiro atoms. The van der Waals surface area contributed by atoms with Crippen molar-refractivity contribution in [3.63, 3.8) is 0 Å². The van der Waals surface area contributed by atoms with Crippen molar-refractivity contribution in [2.24, 2.45) is 0 Å². The quantitative estimate of drug-likeness (QED) is 0.646. The molecule has 0 unspecified atom stereocenters. The maximum absolute atomic E-state index is 9.59. The third-order valence-corrected chi connectivity index (χ3v) is 2.07. The summed E-state index contributed by atoms with van der Waals surface area (Å²) < 4.78 is 5.33. The molecule has 2 nitrogen and oxygen atoms in total. The number of aryl methyl sites for hydroxylation is 2. The van der Waals surface area contributed by atoms with Gasteiger partial charge in [-0.2, -0.15) is 0 Å². The van der Waals surface area contributed by atoms with E-state index >= 15 is 0 Å². The minimum atomic E-state index is 0.267. The number of furan rings is 1. The van der Waals surface area contributed by atoms with E-state index in [1.807, 2.05) is 25.1 Å². The van der Waals surface area contributed by atoms with Crippen LogP contribution in [-0.2, 0) is 0 Å². The van der Waals surface area contributed by atoms with E-state index in [1.54, 1.807) is 6.92 Å². The van der Waals surface area contributed by atoms with Gasteiger partial charge in [-0.15, -0.1) is 0 Å². The summed E-state index contributed by atoms with van der Waals surface area (Å²) in [6, 6.07) is 5.73. The van der Waals surface area contributed by atoms with Gasteiger partial charge in [0.15, 0.2) is 5.75 Å². The Kier molecular flexibility index (Phi) is 1.37. The van der Waals surface area contributed by atoms with E-state index in [1.165, 1.54) is 0 Å². The van der Waals surface area contributed by atoms with Crippen LogP contribution in [0.25, 0.3) is 11.0 Å². The van der Waals surface area contributed by atoms with E-state index in [2.05, 4.69) is 0 Å². The van der Waals surface area contributed by atoms with Crippen LogP contribution >= 0.6 is 0 Å². The van der Waals surface area contributed by atoms with Crippen molar-refractivity contribution < 1.29 is 9.52 Å². The van der Waals surface area contributed by atoms with E-state index in [9.17, 15) is 5.11 Å². The van der Waals surface area contributed by atoms with E-state index in [0.29, 0.717) is 5.76 Å². The highest BCUT2D eigenvalue weighted by molar-refractivity contribution is 5.88. The van der Waals surface area contributed by atoms with Gasteiger partial charge >= 0.3 is 0 Å². The fourth-order valence-electron chi connectivity index (χ4n) is 1.42. The van der Waals surface area contributed by atoms with Crippen LogP contribution in [-0.4, -0.2) is 5.11 Å². The molecule has 0 amide bonds. The third-order valence-electron chi connectivity index (χ3n) is 2.07. The van der Waals surface area contributed by atoms with Gasteiger partial charge in [0.05, 0.1) is 5.39 Å². The van der Waals surface area contributed by atoms with Gasteiger partial charge in [0.25, 0.3) is 0 Å². The predicted molar refractivity (Wildman–Crippen MR) is 47.4 cm³/mol. The Balaban J connectivity index is 2.97. The van der Waals surface area contributed by atoms with Gasteiger partial charge in [-0.3, -0.25) is 0 Å². The van der Waals surface area contributed by atoms with Gasteiger partial charge < -0.3 is 9.52 Å². The molecule has 1 heterocycles. The standard InChI is InChI=1S/C10H10O2/c1-6-4-3-5-8-9(6)10(11)7(2)12-8/h3-5,11H,1-2H3. The van der Waals surface area contributed by atoms with Crippen molar-refractivity contribution in [1.29, 1.82) is 0 Å². The molecule has 0 saturated carbocycles. The van der Waals surface area contributed by atoms with Crippen LogP contribution in [0.5, 0.6) is 5.75 Å². The second-order valence-electron chi connectivity index (χ2n) is 2.95. The minimum Gasteiger partial charge on any atom is -0.504 e. The Morgan fingerprint density at radius 2 is 2.00 bits per heavy atom. The molecule has 0 bridgehead atoms. The average Bonchev–Trinajstić information content (AvgIpc) is 2.29. The molecule has 1 aromatic heterocycles. The largest absolute Gasteiger partial charge is 0.504 e. The Hall–Kier alpha value is -1.44. The lowest BCUT2D eigenvalue weighted by molar-refractivity contribution is 0.451. The third kappa shape index (κ3) is 0.811. The van der Waals surface area contributed by atoms with Crippen LogP contribution in [0.3, 0.4) is 0 Å². The van der Waals surface area contributed by atoms with Crippen LogP contribution in [0, 0.1) is 13.8 Å². The van der Waals surface area contributed by atoms with Gasteiger partial charge in [-0.05, 0) is 25.5 Å². The van der Waals surface area contributed by atoms with Gasteiger partial charge in [-0.1, -0.05) is 12.1 Å². The molecule has 0 aliphatic rings. The van der Waals surface area contributed by atoms with Crippen molar-refractivity contribution in [1.82, 2.24) is 0 Å². The van der Waals surface area contributed by atoms with Crippen LogP contribution in [0.1, 0.15) is 11.3 Å². The number of hydrogen-bond donors (Lipinski definition) is 1. The Morgan fingerprint density at radius 3 is 2.67 bits per heavy atom. The summed E-state index contributed by atoms with van der Waals surface area (Å²) in [4.78, 5) is 0. The summed E-state index contributed by atoms with van der Waals surface area (Å²) in [6.07, 6.45) is 0. The Morgan fingerprint density at radius 1 is 1.25 bits per heavy atom. The molecule has 2 aromatic rings. The normalized spacial score (nSPS) is 10.8. The molecule has 2 rings (SSSR count). The fraction of sp³-hybridized carbons (Fsp3) is 0.200. The summed E-state index contributed by atoms with van der Waals surface area (Å²) in [5.41, 5.74) is 1.80. The van der Waals surface area contributed by atoms with Gasteiger partial charge in [0, 0.05) is 0 Å². The monoisotopic (exact) mass is 162 g/mol. The molecular formula is C10H10O2. The highest BCUT2D eigenvalue weighted by Crippen LogP contribution is 2.33. The number of hydrogen-bond acceptors (Lipinski definition) is 2. The summed E-state index contributed by atoms with van der Waals surface area (Å²) in [6.45, 7) is 3.71. The highest BCUT2D eigenvalue weighted by atomic mass is 16.4. The Labute approximate surface area is 70.4 Å². The molecule has 0 atom stereocenters. The predicted octanol–water partition coefficient (Wildman–Crippen LogP) is 2.76. The first-order valence-corrected chi connectivity index (χ1v) is 3.88. The van der Waals surface area contributed by atoms with Crippen molar-refractivity contribution in [3.8, 4) is 5.75 Å². The second-order valence-corrected chi connectivity index (χ2v) is 2.95. The molecule has 0 aliphatic heterocycles. The average molecular weight is 162 g/mol. The van der Waals surface area contributed by atoms with Crippen LogP contribution in [0.2, 0.25) is 0 Å². The number of aromatic hydroxyl groups is 1. The number of rotatable bonds is 0. The van der Waals surface area contributed by atoms with E-state index < -0.39 is 0 Å². The minimum absolute atomic E-state index is 0.267. The molecule has 12 heavy (non-hydrogen) atoms. The maximum Gasteiger partial charge on any atom is 0.165 e. The molecule has 2 heteroatoms. The first kappa shape index (κ1) is 7.22. The zero-order valence-corrected chi connectivity index (χ0v) is 7.09. The zero-order valence-electron chi connectivity index (χ0n) is 7.09. The summed E-state index contributed by atoms with van der Waals surface area (Å²) in [5.74, 6) is 0.849.